The molecule has 2 aromatic heterocycles. The summed E-state index contributed by atoms with van der Waals surface area (Å²) < 4.78 is 7.27. The summed E-state index contributed by atoms with van der Waals surface area (Å²) in [5.74, 6) is 0.193. The molecule has 0 amide bonds. The molecular weight excluding hydrogens is 412 g/mol. The minimum Gasteiger partial charge on any atom is -0.397 e. The van der Waals surface area contributed by atoms with Gasteiger partial charge in [-0.25, -0.2) is 4.98 Å². The van der Waals surface area contributed by atoms with Crippen LogP contribution in [-0.4, -0.2) is 48.5 Å². The summed E-state index contributed by atoms with van der Waals surface area (Å²) in [4.78, 5) is 23.9. The van der Waals surface area contributed by atoms with Gasteiger partial charge in [-0.05, 0) is 23.3 Å². The van der Waals surface area contributed by atoms with Crippen LogP contribution in [0.3, 0.4) is 0 Å². The van der Waals surface area contributed by atoms with Crippen molar-refractivity contribution in [2.24, 2.45) is 0 Å². The van der Waals surface area contributed by atoms with E-state index >= 15 is 0 Å². The topological polar surface area (TPSA) is 151 Å². The molecule has 10 heteroatoms. The Hall–Kier alpha value is -3.73. The number of nitrogens with one attached hydrogen (secondary N) is 2. The quantitative estimate of drug-likeness (QED) is 0.298. The fourth-order valence-electron chi connectivity index (χ4n) is 3.85. The predicted octanol–water partition coefficient (Wildman–Crippen LogP) is 1.75. The smallest absolute Gasteiger partial charge is 0.280 e. The number of ether oxygens (including phenoxy) is 1. The minimum atomic E-state index is -0.817. The highest BCUT2D eigenvalue weighted by atomic mass is 16.5. The van der Waals surface area contributed by atoms with E-state index in [-0.39, 0.29) is 24.5 Å². The van der Waals surface area contributed by atoms with E-state index in [0.717, 1.165) is 11.1 Å². The van der Waals surface area contributed by atoms with Crippen molar-refractivity contribution in [2.45, 2.75) is 24.9 Å². The van der Waals surface area contributed by atoms with Gasteiger partial charge in [0.15, 0.2) is 11.2 Å². The highest BCUT2D eigenvalue weighted by molar-refractivity contribution is 5.79. The standard InChI is InChI=1S/C22H22N6O4/c23-14-7-6-13(12-4-2-1-3-5-12)8-15(14)25-22-26-20-19(21(31)27-22)24-11-28(20)18-9-16(30)17(10-29)32-18/h1-8,11,16-18,29-30H,9-10,23H2,(H2,25,26,27,31)/t16-,17+,18+/m0/s1. The molecule has 0 unspecified atom stereocenters. The van der Waals surface area contributed by atoms with Gasteiger partial charge in [-0.1, -0.05) is 36.4 Å². The maximum atomic E-state index is 12.6. The van der Waals surface area contributed by atoms with E-state index in [0.29, 0.717) is 17.0 Å². The molecule has 0 aliphatic carbocycles. The molecule has 0 saturated carbocycles. The zero-order valence-corrected chi connectivity index (χ0v) is 17.0. The van der Waals surface area contributed by atoms with Crippen LogP contribution in [0.1, 0.15) is 12.6 Å². The molecule has 1 aliphatic rings. The van der Waals surface area contributed by atoms with Crippen LogP contribution in [0, 0.1) is 0 Å². The van der Waals surface area contributed by atoms with E-state index in [9.17, 15) is 15.0 Å². The van der Waals surface area contributed by atoms with Gasteiger partial charge in [-0.2, -0.15) is 4.98 Å². The monoisotopic (exact) mass is 434 g/mol. The summed E-state index contributed by atoms with van der Waals surface area (Å²) >= 11 is 0. The van der Waals surface area contributed by atoms with Gasteiger partial charge in [-0.15, -0.1) is 0 Å². The molecule has 0 spiro atoms. The number of rotatable bonds is 5. The fraction of sp³-hybridized carbons (Fsp3) is 0.227. The number of aromatic amines is 1. The van der Waals surface area contributed by atoms with E-state index in [2.05, 4.69) is 20.3 Å². The number of anilines is 3. The molecule has 1 aliphatic heterocycles. The number of nitrogens with two attached hydrogens (primary N) is 1. The third-order valence-electron chi connectivity index (χ3n) is 5.54. The first-order valence-electron chi connectivity index (χ1n) is 10.2. The van der Waals surface area contributed by atoms with E-state index in [4.69, 9.17) is 10.5 Å². The Labute approximate surface area is 182 Å². The second-order valence-corrected chi connectivity index (χ2v) is 7.65. The maximum Gasteiger partial charge on any atom is 0.280 e. The number of aliphatic hydroxyl groups is 2. The molecule has 2 aromatic carbocycles. The van der Waals surface area contributed by atoms with Crippen LogP contribution in [-0.2, 0) is 4.74 Å². The number of imidazole rings is 1. The van der Waals surface area contributed by atoms with Gasteiger partial charge in [0.2, 0.25) is 5.95 Å². The van der Waals surface area contributed by atoms with Crippen LogP contribution in [0.5, 0.6) is 0 Å². The summed E-state index contributed by atoms with van der Waals surface area (Å²) in [6, 6.07) is 15.4. The van der Waals surface area contributed by atoms with Gasteiger partial charge in [0, 0.05) is 6.42 Å². The third kappa shape index (κ3) is 3.60. The number of nitrogen functional groups attached to an aromatic ring is 1. The maximum absolute atomic E-state index is 12.6. The molecule has 6 N–H and O–H groups in total. The largest absolute Gasteiger partial charge is 0.397 e. The van der Waals surface area contributed by atoms with E-state index in [1.807, 2.05) is 42.5 Å². The average Bonchev–Trinajstić information content (AvgIpc) is 3.39. The zero-order chi connectivity index (χ0) is 22.2. The van der Waals surface area contributed by atoms with Gasteiger partial charge in [0.05, 0.1) is 30.4 Å². The Morgan fingerprint density at radius 2 is 2.03 bits per heavy atom. The minimum absolute atomic E-state index is 0.145. The molecule has 10 nitrogen and oxygen atoms in total. The van der Waals surface area contributed by atoms with Crippen LogP contribution in [0.2, 0.25) is 0 Å². The van der Waals surface area contributed by atoms with E-state index in [1.165, 1.54) is 6.33 Å². The number of hydrogen-bond donors (Lipinski definition) is 5. The second-order valence-electron chi connectivity index (χ2n) is 7.65. The lowest BCUT2D eigenvalue weighted by Crippen LogP contribution is -2.24. The van der Waals surface area contributed by atoms with Crippen molar-refractivity contribution in [1.29, 1.82) is 0 Å². The van der Waals surface area contributed by atoms with Crippen molar-refractivity contribution in [1.82, 2.24) is 19.5 Å². The Balaban J connectivity index is 1.50. The zero-order valence-electron chi connectivity index (χ0n) is 17.0. The Bertz CT molecular complexity index is 1320. The number of nitrogens with zero attached hydrogens (tertiary/aromatic N) is 3. The van der Waals surface area contributed by atoms with Crippen LogP contribution in [0.15, 0.2) is 59.7 Å². The summed E-state index contributed by atoms with van der Waals surface area (Å²) in [7, 11) is 0. The molecule has 32 heavy (non-hydrogen) atoms. The molecule has 0 radical (unpaired) electrons. The molecule has 0 bridgehead atoms. The highest BCUT2D eigenvalue weighted by Gasteiger charge is 2.35. The second kappa shape index (κ2) is 8.08. The Morgan fingerprint density at radius 1 is 1.22 bits per heavy atom. The fourth-order valence-corrected chi connectivity index (χ4v) is 3.85. The van der Waals surface area contributed by atoms with Crippen molar-refractivity contribution in [3.63, 3.8) is 0 Å². The summed E-state index contributed by atoms with van der Waals surface area (Å²) in [6.07, 6.45) is -0.418. The van der Waals surface area contributed by atoms with Crippen molar-refractivity contribution in [3.8, 4) is 11.1 Å². The lowest BCUT2D eigenvalue weighted by Gasteiger charge is -2.14. The number of aliphatic hydroxyl groups excluding tert-OH is 2. The van der Waals surface area contributed by atoms with Crippen LogP contribution in [0.4, 0.5) is 17.3 Å². The van der Waals surface area contributed by atoms with Crippen molar-refractivity contribution in [3.05, 3.63) is 65.2 Å². The molecule has 1 fully saturated rings. The molecule has 5 rings (SSSR count). The third-order valence-corrected chi connectivity index (χ3v) is 5.54. The number of benzene rings is 2. The average molecular weight is 434 g/mol. The van der Waals surface area contributed by atoms with Gasteiger partial charge in [0.1, 0.15) is 12.3 Å². The SMILES string of the molecule is Nc1ccc(-c2ccccc2)cc1Nc1nc2c(ncn2[C@H]2C[C@H](O)[C@@H](CO)O2)c(=O)[nH]1. The summed E-state index contributed by atoms with van der Waals surface area (Å²) in [5.41, 5.74) is 9.24. The lowest BCUT2D eigenvalue weighted by molar-refractivity contribution is -0.0432. The lowest BCUT2D eigenvalue weighted by atomic mass is 10.0. The summed E-state index contributed by atoms with van der Waals surface area (Å²) in [6.45, 7) is -0.303. The first-order valence-corrected chi connectivity index (χ1v) is 10.2. The van der Waals surface area contributed by atoms with Crippen molar-refractivity contribution < 1.29 is 14.9 Å². The van der Waals surface area contributed by atoms with Crippen molar-refractivity contribution >= 4 is 28.5 Å². The van der Waals surface area contributed by atoms with E-state index < -0.39 is 24.0 Å². The molecule has 4 aromatic rings. The summed E-state index contributed by atoms with van der Waals surface area (Å²) in [5, 5.41) is 22.5. The Morgan fingerprint density at radius 3 is 2.78 bits per heavy atom. The van der Waals surface area contributed by atoms with Crippen LogP contribution >= 0.6 is 0 Å². The number of H-pyrrole nitrogens is 1. The van der Waals surface area contributed by atoms with Gasteiger partial charge >= 0.3 is 0 Å². The van der Waals surface area contributed by atoms with Gasteiger partial charge < -0.3 is 26.0 Å². The van der Waals surface area contributed by atoms with Crippen LogP contribution < -0.4 is 16.6 Å². The predicted molar refractivity (Wildman–Crippen MR) is 119 cm³/mol. The first kappa shape index (κ1) is 20.2. The molecule has 3 heterocycles. The molecule has 164 valence electrons. The van der Waals surface area contributed by atoms with Gasteiger partial charge in [-0.3, -0.25) is 14.3 Å². The van der Waals surface area contributed by atoms with E-state index in [1.54, 1.807) is 10.6 Å². The number of aromatic nitrogens is 4. The van der Waals surface area contributed by atoms with Crippen molar-refractivity contribution in [2.75, 3.05) is 17.7 Å². The first-order chi connectivity index (χ1) is 15.5. The number of hydrogen-bond acceptors (Lipinski definition) is 8. The number of fused-ring (bicyclic) bond motifs is 1. The molecular formula is C22H22N6O4. The Kier molecular flexibility index (Phi) is 5.10. The normalized spacial score (nSPS) is 20.6. The highest BCUT2D eigenvalue weighted by Crippen LogP contribution is 2.31. The molecule has 1 saturated heterocycles. The van der Waals surface area contributed by atoms with Crippen LogP contribution in [0.25, 0.3) is 22.3 Å². The molecule has 3 atom stereocenters. The van der Waals surface area contributed by atoms with Gasteiger partial charge in [0.25, 0.3) is 5.56 Å².